The standard InChI is InChI=1S/C21H26N6O/c1-25-8-6-18(7-9-25)27(3)21(28)11-20-22-12-16-5-4-15(10-19(16)24-20)17-13-23-26(2)14-17/h4-5,10,12-14,18H,6-9,11H2,1-3H3. The number of hydrogen-bond acceptors (Lipinski definition) is 5. The molecule has 7 heteroatoms. The number of aryl methyl sites for hydroxylation is 1. The maximum atomic E-state index is 12.7. The summed E-state index contributed by atoms with van der Waals surface area (Å²) in [6.45, 7) is 2.07. The second-order valence-corrected chi connectivity index (χ2v) is 7.68. The second kappa shape index (κ2) is 7.67. The summed E-state index contributed by atoms with van der Waals surface area (Å²) in [4.78, 5) is 26.0. The van der Waals surface area contributed by atoms with Crippen molar-refractivity contribution in [2.75, 3.05) is 27.2 Å². The maximum absolute atomic E-state index is 12.7. The van der Waals surface area contributed by atoms with Crippen LogP contribution in [0.4, 0.5) is 0 Å². The van der Waals surface area contributed by atoms with Gasteiger partial charge in [0.2, 0.25) is 5.91 Å². The van der Waals surface area contributed by atoms with E-state index in [1.165, 1.54) is 0 Å². The highest BCUT2D eigenvalue weighted by atomic mass is 16.2. The Balaban J connectivity index is 1.51. The molecule has 0 bridgehead atoms. The van der Waals surface area contributed by atoms with Crippen LogP contribution in [-0.4, -0.2) is 68.7 Å². The van der Waals surface area contributed by atoms with E-state index in [9.17, 15) is 4.79 Å². The summed E-state index contributed by atoms with van der Waals surface area (Å²) < 4.78 is 1.78. The van der Waals surface area contributed by atoms with Crippen molar-refractivity contribution in [2.45, 2.75) is 25.3 Å². The van der Waals surface area contributed by atoms with Gasteiger partial charge >= 0.3 is 0 Å². The molecule has 0 aliphatic carbocycles. The number of rotatable bonds is 4. The number of likely N-dealkylation sites (tertiary alicyclic amines) is 1. The maximum Gasteiger partial charge on any atom is 0.230 e. The predicted molar refractivity (Wildman–Crippen MR) is 109 cm³/mol. The number of aromatic nitrogens is 4. The van der Waals surface area contributed by atoms with E-state index in [0.717, 1.165) is 48.0 Å². The van der Waals surface area contributed by atoms with Crippen LogP contribution in [0.1, 0.15) is 18.7 Å². The molecule has 1 aliphatic rings. The highest BCUT2D eigenvalue weighted by Gasteiger charge is 2.24. The van der Waals surface area contributed by atoms with Crippen molar-refractivity contribution in [1.29, 1.82) is 0 Å². The Hall–Kier alpha value is -2.80. The van der Waals surface area contributed by atoms with Gasteiger partial charge in [0.1, 0.15) is 5.82 Å². The van der Waals surface area contributed by atoms with E-state index in [4.69, 9.17) is 0 Å². The topological polar surface area (TPSA) is 67.2 Å². The fourth-order valence-corrected chi connectivity index (χ4v) is 3.74. The monoisotopic (exact) mass is 378 g/mol. The van der Waals surface area contributed by atoms with Gasteiger partial charge < -0.3 is 9.80 Å². The van der Waals surface area contributed by atoms with Gasteiger partial charge in [-0.15, -0.1) is 0 Å². The summed E-state index contributed by atoms with van der Waals surface area (Å²) in [6, 6.07) is 6.39. The minimum atomic E-state index is 0.0808. The lowest BCUT2D eigenvalue weighted by atomic mass is 10.0. The first-order valence-electron chi connectivity index (χ1n) is 9.68. The molecule has 1 saturated heterocycles. The van der Waals surface area contributed by atoms with Crippen molar-refractivity contribution in [3.63, 3.8) is 0 Å². The van der Waals surface area contributed by atoms with Crippen molar-refractivity contribution in [3.05, 3.63) is 42.6 Å². The zero-order valence-electron chi connectivity index (χ0n) is 16.7. The first kappa shape index (κ1) is 18.6. The third-order valence-corrected chi connectivity index (χ3v) is 5.61. The summed E-state index contributed by atoms with van der Waals surface area (Å²) >= 11 is 0. The van der Waals surface area contributed by atoms with Crippen LogP contribution in [0, 0.1) is 0 Å². The van der Waals surface area contributed by atoms with Gasteiger partial charge in [0.05, 0.1) is 18.1 Å². The van der Waals surface area contributed by atoms with E-state index in [2.05, 4.69) is 27.0 Å². The van der Waals surface area contributed by atoms with Gasteiger partial charge in [-0.05, 0) is 44.6 Å². The number of hydrogen-bond donors (Lipinski definition) is 0. The molecule has 0 N–H and O–H groups in total. The predicted octanol–water partition coefficient (Wildman–Crippen LogP) is 2.13. The third kappa shape index (κ3) is 3.89. The number of piperidine rings is 1. The number of carbonyl (C=O) groups excluding carboxylic acids is 1. The lowest BCUT2D eigenvalue weighted by Crippen LogP contribution is -2.45. The smallest absolute Gasteiger partial charge is 0.230 e. The Morgan fingerprint density at radius 2 is 1.96 bits per heavy atom. The highest BCUT2D eigenvalue weighted by molar-refractivity contribution is 5.84. The van der Waals surface area contributed by atoms with Crippen LogP contribution < -0.4 is 0 Å². The molecule has 3 heterocycles. The van der Waals surface area contributed by atoms with Gasteiger partial charge in [0, 0.05) is 43.5 Å². The average Bonchev–Trinajstić information content (AvgIpc) is 3.14. The van der Waals surface area contributed by atoms with Crippen LogP contribution in [0.25, 0.3) is 22.0 Å². The van der Waals surface area contributed by atoms with E-state index < -0.39 is 0 Å². The summed E-state index contributed by atoms with van der Waals surface area (Å²) in [5.74, 6) is 0.651. The van der Waals surface area contributed by atoms with Crippen molar-refractivity contribution in [1.82, 2.24) is 29.5 Å². The number of carbonyl (C=O) groups is 1. The van der Waals surface area contributed by atoms with E-state index in [0.29, 0.717) is 11.9 Å². The normalized spacial score (nSPS) is 15.8. The molecule has 0 spiro atoms. The number of benzene rings is 1. The molecule has 0 radical (unpaired) electrons. The van der Waals surface area contributed by atoms with Gasteiger partial charge in [-0.2, -0.15) is 5.10 Å². The van der Waals surface area contributed by atoms with Crippen molar-refractivity contribution in [2.24, 2.45) is 7.05 Å². The molecule has 3 aromatic rings. The molecule has 1 aromatic carbocycles. The lowest BCUT2D eigenvalue weighted by Gasteiger charge is -2.35. The fraction of sp³-hybridized carbons (Fsp3) is 0.429. The van der Waals surface area contributed by atoms with E-state index in [1.54, 1.807) is 10.9 Å². The van der Waals surface area contributed by atoms with Crippen LogP contribution >= 0.6 is 0 Å². The van der Waals surface area contributed by atoms with E-state index in [1.807, 2.05) is 49.6 Å². The molecule has 7 nitrogen and oxygen atoms in total. The van der Waals surface area contributed by atoms with Gasteiger partial charge in [0.15, 0.2) is 0 Å². The summed E-state index contributed by atoms with van der Waals surface area (Å²) in [7, 11) is 5.93. The Bertz CT molecular complexity index is 989. The molecule has 2 aromatic heterocycles. The SMILES string of the molecule is CN1CCC(N(C)C(=O)Cc2ncc3ccc(-c4cnn(C)c4)cc3n2)CC1. The van der Waals surface area contributed by atoms with E-state index in [-0.39, 0.29) is 12.3 Å². The van der Waals surface area contributed by atoms with Crippen molar-refractivity contribution < 1.29 is 4.79 Å². The minimum absolute atomic E-state index is 0.0808. The average molecular weight is 378 g/mol. The quantitative estimate of drug-likeness (QED) is 0.696. The zero-order chi connectivity index (χ0) is 19.7. The Morgan fingerprint density at radius 3 is 2.68 bits per heavy atom. The molecular weight excluding hydrogens is 352 g/mol. The fourth-order valence-electron chi connectivity index (χ4n) is 3.74. The largest absolute Gasteiger partial charge is 0.342 e. The second-order valence-electron chi connectivity index (χ2n) is 7.68. The summed E-state index contributed by atoms with van der Waals surface area (Å²) in [5, 5.41) is 5.19. The molecule has 1 fully saturated rings. The number of likely N-dealkylation sites (N-methyl/N-ethyl adjacent to an activating group) is 1. The van der Waals surface area contributed by atoms with Gasteiger partial charge in [-0.25, -0.2) is 9.97 Å². The highest BCUT2D eigenvalue weighted by Crippen LogP contribution is 2.23. The first-order valence-corrected chi connectivity index (χ1v) is 9.68. The van der Waals surface area contributed by atoms with Gasteiger partial charge in [-0.1, -0.05) is 12.1 Å². The van der Waals surface area contributed by atoms with Gasteiger partial charge in [-0.3, -0.25) is 9.48 Å². The van der Waals surface area contributed by atoms with Crippen molar-refractivity contribution in [3.8, 4) is 11.1 Å². The third-order valence-electron chi connectivity index (χ3n) is 5.61. The number of amides is 1. The minimum Gasteiger partial charge on any atom is -0.342 e. The summed E-state index contributed by atoms with van der Waals surface area (Å²) in [6.07, 6.45) is 7.88. The lowest BCUT2D eigenvalue weighted by molar-refractivity contribution is -0.132. The number of nitrogens with zero attached hydrogens (tertiary/aromatic N) is 6. The summed E-state index contributed by atoms with van der Waals surface area (Å²) in [5.41, 5.74) is 2.95. The molecule has 0 saturated carbocycles. The van der Waals surface area contributed by atoms with Crippen molar-refractivity contribution >= 4 is 16.8 Å². The van der Waals surface area contributed by atoms with Crippen LogP contribution in [0.5, 0.6) is 0 Å². The zero-order valence-corrected chi connectivity index (χ0v) is 16.7. The van der Waals surface area contributed by atoms with Crippen LogP contribution in [0.3, 0.4) is 0 Å². The molecule has 1 amide bonds. The Morgan fingerprint density at radius 1 is 1.18 bits per heavy atom. The molecule has 4 rings (SSSR count). The van der Waals surface area contributed by atoms with Crippen LogP contribution in [-0.2, 0) is 18.3 Å². The Kier molecular flexibility index (Phi) is 5.09. The Labute approximate surface area is 165 Å². The first-order chi connectivity index (χ1) is 13.5. The molecule has 1 aliphatic heterocycles. The molecule has 28 heavy (non-hydrogen) atoms. The van der Waals surface area contributed by atoms with Crippen LogP contribution in [0.2, 0.25) is 0 Å². The number of fused-ring (bicyclic) bond motifs is 1. The molecule has 146 valence electrons. The molecular formula is C21H26N6O. The molecule has 0 unspecified atom stereocenters. The van der Waals surface area contributed by atoms with Gasteiger partial charge in [0.25, 0.3) is 0 Å². The molecule has 0 atom stereocenters. The van der Waals surface area contributed by atoms with Crippen LogP contribution in [0.15, 0.2) is 36.8 Å². The van der Waals surface area contributed by atoms with E-state index >= 15 is 0 Å².